The summed E-state index contributed by atoms with van der Waals surface area (Å²) >= 11 is 5.71. The average Bonchev–Trinajstić information content (AvgIpc) is 2.52. The maximum absolute atomic E-state index is 12.1. The summed E-state index contributed by atoms with van der Waals surface area (Å²) in [4.78, 5) is 33.6. The van der Waals surface area contributed by atoms with Crippen LogP contribution in [0.4, 0.5) is 5.69 Å². The number of nitrogens with zero attached hydrogens (tertiary/aromatic N) is 1. The van der Waals surface area contributed by atoms with Crippen molar-refractivity contribution in [2.75, 3.05) is 6.54 Å². The molecule has 8 heteroatoms. The van der Waals surface area contributed by atoms with Gasteiger partial charge in [-0.2, -0.15) is 0 Å². The summed E-state index contributed by atoms with van der Waals surface area (Å²) in [6.45, 7) is 0.242. The van der Waals surface area contributed by atoms with Gasteiger partial charge in [0.2, 0.25) is 0 Å². The second-order valence-electron chi connectivity index (χ2n) is 5.62. The van der Waals surface area contributed by atoms with Gasteiger partial charge in [-0.05, 0) is 30.9 Å². The van der Waals surface area contributed by atoms with Crippen molar-refractivity contribution in [2.45, 2.75) is 25.7 Å². The van der Waals surface area contributed by atoms with Crippen molar-refractivity contribution in [3.05, 3.63) is 38.9 Å². The van der Waals surface area contributed by atoms with Crippen LogP contribution >= 0.6 is 11.6 Å². The minimum absolute atomic E-state index is 0.0372. The van der Waals surface area contributed by atoms with Crippen molar-refractivity contribution in [1.29, 1.82) is 0 Å². The molecule has 0 bridgehead atoms. The number of nitro groups is 1. The van der Waals surface area contributed by atoms with Gasteiger partial charge in [-0.25, -0.2) is 0 Å². The number of carboxylic acid groups (broad SMARTS) is 1. The van der Waals surface area contributed by atoms with E-state index >= 15 is 0 Å². The van der Waals surface area contributed by atoms with E-state index in [9.17, 15) is 24.8 Å². The van der Waals surface area contributed by atoms with Crippen LogP contribution < -0.4 is 5.32 Å². The van der Waals surface area contributed by atoms with Crippen molar-refractivity contribution in [3.63, 3.8) is 0 Å². The molecule has 0 radical (unpaired) electrons. The third kappa shape index (κ3) is 4.19. The maximum Gasteiger partial charge on any atom is 0.306 e. The molecule has 1 amide bonds. The van der Waals surface area contributed by atoms with E-state index in [1.165, 1.54) is 12.1 Å². The van der Waals surface area contributed by atoms with Crippen LogP contribution in [0.1, 0.15) is 36.0 Å². The Labute approximate surface area is 137 Å². The van der Waals surface area contributed by atoms with Crippen LogP contribution in [0.3, 0.4) is 0 Å². The fourth-order valence-corrected chi connectivity index (χ4v) is 3.08. The average molecular weight is 341 g/mol. The standard InChI is InChI=1S/C15H17ClN2O5/c16-12-6-5-9(7-13(12)18(22)23)14(19)17-8-10-3-1-2-4-11(10)15(20)21/h5-7,10-11H,1-4,8H2,(H,17,19)(H,20,21)/t10-,11-/m0/s1. The number of benzene rings is 1. The molecule has 124 valence electrons. The fourth-order valence-electron chi connectivity index (χ4n) is 2.90. The van der Waals surface area contributed by atoms with Crippen LogP contribution in [0.15, 0.2) is 18.2 Å². The molecule has 1 aromatic rings. The zero-order chi connectivity index (χ0) is 17.0. The lowest BCUT2D eigenvalue weighted by Gasteiger charge is -2.28. The van der Waals surface area contributed by atoms with Crippen LogP contribution in [0.2, 0.25) is 5.02 Å². The Morgan fingerprint density at radius 1 is 1.35 bits per heavy atom. The lowest BCUT2D eigenvalue weighted by Crippen LogP contribution is -2.37. The number of nitrogens with one attached hydrogen (secondary N) is 1. The number of carbonyl (C=O) groups excluding carboxylic acids is 1. The molecule has 1 aliphatic carbocycles. The van der Waals surface area contributed by atoms with Gasteiger partial charge in [-0.15, -0.1) is 0 Å². The second-order valence-corrected chi connectivity index (χ2v) is 6.03. The van der Waals surface area contributed by atoms with Crippen molar-refractivity contribution in [2.24, 2.45) is 11.8 Å². The van der Waals surface area contributed by atoms with E-state index in [-0.39, 0.29) is 28.7 Å². The van der Waals surface area contributed by atoms with Gasteiger partial charge >= 0.3 is 5.97 Å². The number of nitro benzene ring substituents is 1. The number of aliphatic carboxylic acids is 1. The van der Waals surface area contributed by atoms with Crippen LogP contribution in [0, 0.1) is 22.0 Å². The zero-order valence-electron chi connectivity index (χ0n) is 12.3. The number of amides is 1. The first-order valence-electron chi connectivity index (χ1n) is 7.35. The topological polar surface area (TPSA) is 110 Å². The predicted molar refractivity (Wildman–Crippen MR) is 83.5 cm³/mol. The predicted octanol–water partition coefficient (Wildman–Crippen LogP) is 2.87. The molecule has 1 fully saturated rings. The Balaban J connectivity index is 2.03. The summed E-state index contributed by atoms with van der Waals surface area (Å²) in [5, 5.41) is 22.7. The van der Waals surface area contributed by atoms with Gasteiger partial charge in [-0.3, -0.25) is 19.7 Å². The first kappa shape index (κ1) is 17.2. The number of rotatable bonds is 5. The Kier molecular flexibility index (Phi) is 5.54. The largest absolute Gasteiger partial charge is 0.481 e. The van der Waals surface area contributed by atoms with Crippen molar-refractivity contribution in [1.82, 2.24) is 5.32 Å². The molecule has 0 spiro atoms. The van der Waals surface area contributed by atoms with Gasteiger partial charge in [0.1, 0.15) is 5.02 Å². The molecular weight excluding hydrogens is 324 g/mol. The minimum Gasteiger partial charge on any atom is -0.481 e. The van der Waals surface area contributed by atoms with Crippen LogP contribution in [0.5, 0.6) is 0 Å². The first-order valence-corrected chi connectivity index (χ1v) is 7.73. The molecule has 0 aromatic heterocycles. The maximum atomic E-state index is 12.1. The van der Waals surface area contributed by atoms with E-state index in [2.05, 4.69) is 5.32 Å². The monoisotopic (exact) mass is 340 g/mol. The number of hydrogen-bond acceptors (Lipinski definition) is 4. The number of halogens is 1. The van der Waals surface area contributed by atoms with Gasteiger partial charge in [0.25, 0.3) is 11.6 Å². The Morgan fingerprint density at radius 2 is 2.04 bits per heavy atom. The Morgan fingerprint density at radius 3 is 2.70 bits per heavy atom. The first-order chi connectivity index (χ1) is 10.9. The minimum atomic E-state index is -0.842. The summed E-state index contributed by atoms with van der Waals surface area (Å²) in [6, 6.07) is 3.82. The molecule has 1 saturated carbocycles. The summed E-state index contributed by atoms with van der Waals surface area (Å²) < 4.78 is 0. The molecule has 2 rings (SSSR count). The molecule has 0 saturated heterocycles. The molecule has 0 unspecified atom stereocenters. The lowest BCUT2D eigenvalue weighted by atomic mass is 9.79. The van der Waals surface area contributed by atoms with Crippen LogP contribution in [0.25, 0.3) is 0 Å². The third-order valence-electron chi connectivity index (χ3n) is 4.16. The summed E-state index contributed by atoms with van der Waals surface area (Å²) in [6.07, 6.45) is 3.18. The van der Waals surface area contributed by atoms with Gasteiger partial charge in [0.15, 0.2) is 0 Å². The number of carbonyl (C=O) groups is 2. The molecule has 1 aliphatic rings. The molecule has 23 heavy (non-hydrogen) atoms. The quantitative estimate of drug-likeness (QED) is 0.632. The van der Waals surface area contributed by atoms with E-state index in [4.69, 9.17) is 11.6 Å². The highest BCUT2D eigenvalue weighted by Gasteiger charge is 2.31. The van der Waals surface area contributed by atoms with Gasteiger partial charge in [0, 0.05) is 18.2 Å². The van der Waals surface area contributed by atoms with Crippen molar-refractivity contribution in [3.8, 4) is 0 Å². The van der Waals surface area contributed by atoms with E-state index in [1.807, 2.05) is 0 Å². The molecular formula is C15H17ClN2O5. The second kappa shape index (κ2) is 7.41. The SMILES string of the molecule is O=C(NC[C@@H]1CCCC[C@@H]1C(=O)O)c1ccc(Cl)c([N+](=O)[O-])c1. The summed E-state index contributed by atoms with van der Waals surface area (Å²) in [5.74, 6) is -1.89. The van der Waals surface area contributed by atoms with Crippen LogP contribution in [-0.2, 0) is 4.79 Å². The Hall–Kier alpha value is -2.15. The number of hydrogen-bond donors (Lipinski definition) is 2. The van der Waals surface area contributed by atoms with Crippen molar-refractivity contribution >= 4 is 29.2 Å². The molecule has 0 aliphatic heterocycles. The van der Waals surface area contributed by atoms with Gasteiger partial charge in [0.05, 0.1) is 10.8 Å². The molecule has 0 heterocycles. The van der Waals surface area contributed by atoms with E-state index in [0.29, 0.717) is 6.42 Å². The van der Waals surface area contributed by atoms with E-state index in [1.54, 1.807) is 0 Å². The highest BCUT2D eigenvalue weighted by molar-refractivity contribution is 6.32. The van der Waals surface area contributed by atoms with Crippen molar-refractivity contribution < 1.29 is 19.6 Å². The molecule has 7 nitrogen and oxygen atoms in total. The lowest BCUT2D eigenvalue weighted by molar-refractivity contribution is -0.384. The fraction of sp³-hybridized carbons (Fsp3) is 0.467. The van der Waals surface area contributed by atoms with Gasteiger partial charge < -0.3 is 10.4 Å². The normalized spacial score (nSPS) is 20.7. The smallest absolute Gasteiger partial charge is 0.306 e. The molecule has 2 N–H and O–H groups in total. The van der Waals surface area contributed by atoms with Gasteiger partial charge in [-0.1, -0.05) is 24.4 Å². The summed E-state index contributed by atoms with van der Waals surface area (Å²) in [7, 11) is 0. The molecule has 1 aromatic carbocycles. The van der Waals surface area contributed by atoms with E-state index in [0.717, 1.165) is 25.3 Å². The highest BCUT2D eigenvalue weighted by Crippen LogP contribution is 2.30. The summed E-state index contributed by atoms with van der Waals surface area (Å²) in [5.41, 5.74) is -0.204. The zero-order valence-corrected chi connectivity index (χ0v) is 13.1. The molecule has 2 atom stereocenters. The van der Waals surface area contributed by atoms with E-state index < -0.39 is 22.7 Å². The number of carboxylic acids is 1. The Bertz CT molecular complexity index is 634. The van der Waals surface area contributed by atoms with Crippen LogP contribution in [-0.4, -0.2) is 28.5 Å². The third-order valence-corrected chi connectivity index (χ3v) is 4.48. The highest BCUT2D eigenvalue weighted by atomic mass is 35.5.